The fourth-order valence-corrected chi connectivity index (χ4v) is 2.65. The Balaban J connectivity index is 1.54. The molecular formula is C12H19NS. The van der Waals surface area contributed by atoms with Crippen molar-refractivity contribution in [3.63, 3.8) is 0 Å². The summed E-state index contributed by atoms with van der Waals surface area (Å²) in [5, 5.41) is 2.16. The van der Waals surface area contributed by atoms with Gasteiger partial charge in [-0.1, -0.05) is 12.5 Å². The molecule has 2 rings (SSSR count). The van der Waals surface area contributed by atoms with Gasteiger partial charge < -0.3 is 5.73 Å². The normalized spacial score (nSPS) is 18.4. The van der Waals surface area contributed by atoms with Crippen molar-refractivity contribution in [3.05, 3.63) is 22.4 Å². The molecule has 1 nitrogen and oxygen atoms in total. The highest BCUT2D eigenvalue weighted by molar-refractivity contribution is 7.09. The van der Waals surface area contributed by atoms with Gasteiger partial charge in [-0.25, -0.2) is 0 Å². The molecule has 0 saturated heterocycles. The molecule has 1 fully saturated rings. The summed E-state index contributed by atoms with van der Waals surface area (Å²) < 4.78 is 0. The first-order valence-corrected chi connectivity index (χ1v) is 6.52. The van der Waals surface area contributed by atoms with Crippen LogP contribution in [-0.4, -0.2) is 6.04 Å². The number of hydrogen-bond acceptors (Lipinski definition) is 2. The van der Waals surface area contributed by atoms with E-state index in [1.165, 1.54) is 43.4 Å². The molecule has 0 spiro atoms. The van der Waals surface area contributed by atoms with Gasteiger partial charge in [0.15, 0.2) is 0 Å². The van der Waals surface area contributed by atoms with Crippen LogP contribution >= 0.6 is 11.3 Å². The van der Waals surface area contributed by atoms with Gasteiger partial charge in [0.1, 0.15) is 0 Å². The maximum atomic E-state index is 6.04. The smallest absolute Gasteiger partial charge is 0.00671 e. The second-order valence-corrected chi connectivity index (χ2v) is 5.36. The first-order chi connectivity index (χ1) is 6.86. The van der Waals surface area contributed by atoms with E-state index in [1.54, 1.807) is 0 Å². The van der Waals surface area contributed by atoms with Crippen LogP contribution in [0.5, 0.6) is 0 Å². The Labute approximate surface area is 90.3 Å². The number of rotatable bonds is 6. The van der Waals surface area contributed by atoms with Crippen LogP contribution in [0.3, 0.4) is 0 Å². The van der Waals surface area contributed by atoms with E-state index in [2.05, 4.69) is 17.5 Å². The largest absolute Gasteiger partial charge is 0.327 e. The third kappa shape index (κ3) is 3.10. The molecule has 0 aliphatic heterocycles. The van der Waals surface area contributed by atoms with E-state index in [4.69, 9.17) is 5.73 Å². The van der Waals surface area contributed by atoms with Crippen LogP contribution in [-0.2, 0) is 6.42 Å². The van der Waals surface area contributed by atoms with E-state index in [0.29, 0.717) is 6.04 Å². The van der Waals surface area contributed by atoms with Crippen LogP contribution in [0.15, 0.2) is 17.5 Å². The molecule has 1 aromatic heterocycles. The van der Waals surface area contributed by atoms with E-state index in [9.17, 15) is 0 Å². The molecule has 2 N–H and O–H groups in total. The number of nitrogens with two attached hydrogens (primary N) is 1. The molecule has 0 radical (unpaired) electrons. The average molecular weight is 209 g/mol. The Hall–Kier alpha value is -0.340. The maximum absolute atomic E-state index is 6.04. The topological polar surface area (TPSA) is 26.0 Å². The molecule has 1 saturated carbocycles. The number of unbranched alkanes of at least 4 members (excludes halogenated alkanes) is 1. The van der Waals surface area contributed by atoms with Crippen molar-refractivity contribution in [2.24, 2.45) is 11.7 Å². The van der Waals surface area contributed by atoms with Crippen molar-refractivity contribution in [1.82, 2.24) is 0 Å². The summed E-state index contributed by atoms with van der Waals surface area (Å²) >= 11 is 1.87. The molecule has 1 heterocycles. The summed E-state index contributed by atoms with van der Waals surface area (Å²) in [6.45, 7) is 0. The van der Waals surface area contributed by atoms with Crippen LogP contribution in [0.25, 0.3) is 0 Å². The van der Waals surface area contributed by atoms with Crippen LogP contribution in [0.2, 0.25) is 0 Å². The second kappa shape index (κ2) is 4.94. The molecule has 78 valence electrons. The van der Waals surface area contributed by atoms with Crippen molar-refractivity contribution < 1.29 is 0 Å². The zero-order valence-corrected chi connectivity index (χ0v) is 9.43. The number of thiophene rings is 1. The summed E-state index contributed by atoms with van der Waals surface area (Å²) in [7, 11) is 0. The monoisotopic (exact) mass is 209 g/mol. The minimum atomic E-state index is 0.498. The molecule has 1 aliphatic rings. The van der Waals surface area contributed by atoms with Crippen molar-refractivity contribution in [3.8, 4) is 0 Å². The van der Waals surface area contributed by atoms with Crippen LogP contribution in [0.1, 0.15) is 37.0 Å². The van der Waals surface area contributed by atoms with E-state index in [-0.39, 0.29) is 0 Å². The lowest BCUT2D eigenvalue weighted by atomic mass is 10.0. The predicted octanol–water partition coefficient (Wildman–Crippen LogP) is 3.20. The lowest BCUT2D eigenvalue weighted by molar-refractivity contribution is 0.517. The number of aryl methyl sites for hydroxylation is 1. The summed E-state index contributed by atoms with van der Waals surface area (Å²) in [5.74, 6) is 0.872. The molecule has 0 amide bonds. The lowest BCUT2D eigenvalue weighted by Gasteiger charge is -2.08. The van der Waals surface area contributed by atoms with E-state index in [0.717, 1.165) is 5.92 Å². The molecule has 2 heteroatoms. The lowest BCUT2D eigenvalue weighted by Crippen LogP contribution is -2.21. The van der Waals surface area contributed by atoms with Gasteiger partial charge in [-0.2, -0.15) is 0 Å². The van der Waals surface area contributed by atoms with E-state index < -0.39 is 0 Å². The Kier molecular flexibility index (Phi) is 3.60. The quantitative estimate of drug-likeness (QED) is 0.715. The molecule has 14 heavy (non-hydrogen) atoms. The van der Waals surface area contributed by atoms with Crippen molar-refractivity contribution in [2.45, 2.75) is 44.6 Å². The molecule has 1 unspecified atom stereocenters. The SMILES string of the molecule is NC(CCCCc1cccs1)C1CC1. The van der Waals surface area contributed by atoms with E-state index in [1.807, 2.05) is 11.3 Å². The van der Waals surface area contributed by atoms with Crippen LogP contribution < -0.4 is 5.73 Å². The summed E-state index contributed by atoms with van der Waals surface area (Å²) in [5.41, 5.74) is 6.04. The van der Waals surface area contributed by atoms with E-state index >= 15 is 0 Å². The molecular weight excluding hydrogens is 190 g/mol. The Morgan fingerprint density at radius 2 is 2.29 bits per heavy atom. The van der Waals surface area contributed by atoms with Crippen molar-refractivity contribution in [1.29, 1.82) is 0 Å². The van der Waals surface area contributed by atoms with Gasteiger partial charge in [-0.15, -0.1) is 11.3 Å². The first kappa shape index (κ1) is 10.2. The Morgan fingerprint density at radius 1 is 1.43 bits per heavy atom. The predicted molar refractivity (Wildman–Crippen MR) is 62.6 cm³/mol. The van der Waals surface area contributed by atoms with Crippen molar-refractivity contribution >= 4 is 11.3 Å². The fourth-order valence-electron chi connectivity index (χ4n) is 1.89. The highest BCUT2D eigenvalue weighted by atomic mass is 32.1. The Bertz CT molecular complexity index is 251. The summed E-state index contributed by atoms with van der Waals surface area (Å²) in [6.07, 6.45) is 7.85. The van der Waals surface area contributed by atoms with Gasteiger partial charge in [0.25, 0.3) is 0 Å². The average Bonchev–Trinajstić information content (AvgIpc) is 2.92. The fraction of sp³-hybridized carbons (Fsp3) is 0.667. The molecule has 1 aliphatic carbocycles. The minimum Gasteiger partial charge on any atom is -0.327 e. The Morgan fingerprint density at radius 3 is 2.93 bits per heavy atom. The van der Waals surface area contributed by atoms with Gasteiger partial charge in [-0.05, 0) is 49.5 Å². The zero-order chi connectivity index (χ0) is 9.80. The number of hydrogen-bond donors (Lipinski definition) is 1. The summed E-state index contributed by atoms with van der Waals surface area (Å²) in [6, 6.07) is 4.86. The van der Waals surface area contributed by atoms with Gasteiger partial charge in [0.05, 0.1) is 0 Å². The molecule has 1 atom stereocenters. The molecule has 1 aromatic rings. The first-order valence-electron chi connectivity index (χ1n) is 5.64. The third-order valence-electron chi connectivity index (χ3n) is 3.02. The zero-order valence-electron chi connectivity index (χ0n) is 8.61. The minimum absolute atomic E-state index is 0.498. The highest BCUT2D eigenvalue weighted by Crippen LogP contribution is 2.33. The third-order valence-corrected chi connectivity index (χ3v) is 3.95. The molecule has 0 aromatic carbocycles. The second-order valence-electron chi connectivity index (χ2n) is 4.33. The van der Waals surface area contributed by atoms with Gasteiger partial charge in [0.2, 0.25) is 0 Å². The highest BCUT2D eigenvalue weighted by Gasteiger charge is 2.27. The maximum Gasteiger partial charge on any atom is 0.00671 e. The molecule has 0 bridgehead atoms. The van der Waals surface area contributed by atoms with Gasteiger partial charge >= 0.3 is 0 Å². The summed E-state index contributed by atoms with van der Waals surface area (Å²) in [4.78, 5) is 1.52. The van der Waals surface area contributed by atoms with Crippen molar-refractivity contribution in [2.75, 3.05) is 0 Å². The standard InChI is InChI=1S/C12H19NS/c13-12(10-7-8-10)6-2-1-4-11-5-3-9-14-11/h3,5,9-10,12H,1-2,4,6-8,13H2. The van der Waals surface area contributed by atoms with Gasteiger partial charge in [-0.3, -0.25) is 0 Å². The van der Waals surface area contributed by atoms with Gasteiger partial charge in [0, 0.05) is 10.9 Å². The van der Waals surface area contributed by atoms with Crippen LogP contribution in [0.4, 0.5) is 0 Å². The van der Waals surface area contributed by atoms with Crippen LogP contribution in [0, 0.1) is 5.92 Å².